The van der Waals surface area contributed by atoms with Gasteiger partial charge in [0.25, 0.3) is 0 Å². The highest BCUT2D eigenvalue weighted by Crippen LogP contribution is 2.23. The SMILES string of the molecule is C=C(Cc1ccc(OCc2ccccc2)cc1)N=NN(N)C1OC(CO)C(O)C(O)C1O. The van der Waals surface area contributed by atoms with Gasteiger partial charge in [-0.2, -0.15) is 5.12 Å². The number of benzene rings is 2. The third kappa shape index (κ3) is 6.10. The molecule has 0 aromatic heterocycles. The molecule has 5 atom stereocenters. The van der Waals surface area contributed by atoms with Crippen LogP contribution in [0.5, 0.6) is 5.75 Å². The highest BCUT2D eigenvalue weighted by Gasteiger charge is 2.45. The lowest BCUT2D eigenvalue weighted by Gasteiger charge is -2.41. The second kappa shape index (κ2) is 11.1. The van der Waals surface area contributed by atoms with E-state index in [1.165, 1.54) is 0 Å². The Morgan fingerprint density at radius 1 is 1.00 bits per heavy atom. The van der Waals surface area contributed by atoms with Crippen LogP contribution in [0.15, 0.2) is 77.2 Å². The molecule has 0 saturated carbocycles. The van der Waals surface area contributed by atoms with Gasteiger partial charge in [0, 0.05) is 6.42 Å². The molecule has 1 saturated heterocycles. The van der Waals surface area contributed by atoms with Crippen molar-refractivity contribution in [1.29, 1.82) is 0 Å². The van der Waals surface area contributed by atoms with Crippen molar-refractivity contribution in [2.24, 2.45) is 16.2 Å². The monoisotopic (exact) mass is 444 g/mol. The summed E-state index contributed by atoms with van der Waals surface area (Å²) in [6.45, 7) is 3.75. The number of hydrazine groups is 1. The van der Waals surface area contributed by atoms with E-state index in [4.69, 9.17) is 15.3 Å². The minimum Gasteiger partial charge on any atom is -0.489 e. The molecular weight excluding hydrogens is 416 g/mol. The fourth-order valence-electron chi connectivity index (χ4n) is 3.18. The molecule has 172 valence electrons. The van der Waals surface area contributed by atoms with E-state index < -0.39 is 37.3 Å². The first-order chi connectivity index (χ1) is 15.4. The molecule has 5 unspecified atom stereocenters. The zero-order chi connectivity index (χ0) is 23.1. The lowest BCUT2D eigenvalue weighted by atomic mass is 9.98. The van der Waals surface area contributed by atoms with E-state index >= 15 is 0 Å². The molecule has 1 heterocycles. The van der Waals surface area contributed by atoms with E-state index in [-0.39, 0.29) is 0 Å². The zero-order valence-electron chi connectivity index (χ0n) is 17.4. The maximum absolute atomic E-state index is 10.1. The van der Waals surface area contributed by atoms with Gasteiger partial charge in [0.05, 0.1) is 12.3 Å². The minimum atomic E-state index is -1.56. The van der Waals surface area contributed by atoms with E-state index in [0.29, 0.717) is 23.8 Å². The predicted octanol–water partition coefficient (Wildman–Crippen LogP) is 0.665. The summed E-state index contributed by atoms with van der Waals surface area (Å²) in [6.07, 6.45) is -6.59. The van der Waals surface area contributed by atoms with Crippen LogP contribution in [0.25, 0.3) is 0 Å². The number of rotatable bonds is 9. The zero-order valence-corrected chi connectivity index (χ0v) is 17.4. The van der Waals surface area contributed by atoms with E-state index in [1.807, 2.05) is 54.6 Å². The molecule has 0 spiro atoms. The molecule has 0 amide bonds. The maximum atomic E-state index is 10.1. The van der Waals surface area contributed by atoms with Crippen molar-refractivity contribution in [3.05, 3.63) is 78.0 Å². The van der Waals surface area contributed by atoms with Crippen molar-refractivity contribution in [3.8, 4) is 5.75 Å². The molecule has 0 aliphatic carbocycles. The Balaban J connectivity index is 1.51. The first-order valence-electron chi connectivity index (χ1n) is 10.1. The van der Waals surface area contributed by atoms with Gasteiger partial charge in [0.15, 0.2) is 6.23 Å². The molecule has 0 bridgehead atoms. The number of hydrogen-bond acceptors (Lipinski definition) is 9. The van der Waals surface area contributed by atoms with Gasteiger partial charge in [0.2, 0.25) is 0 Å². The summed E-state index contributed by atoms with van der Waals surface area (Å²) in [5.41, 5.74) is 2.40. The van der Waals surface area contributed by atoms with Crippen LogP contribution in [0.3, 0.4) is 0 Å². The van der Waals surface area contributed by atoms with Crippen LogP contribution in [0.4, 0.5) is 0 Å². The van der Waals surface area contributed by atoms with Crippen LogP contribution in [0, 0.1) is 0 Å². The molecule has 10 heteroatoms. The van der Waals surface area contributed by atoms with Crippen LogP contribution >= 0.6 is 0 Å². The molecule has 1 aliphatic heterocycles. The van der Waals surface area contributed by atoms with Crippen LogP contribution < -0.4 is 10.6 Å². The smallest absolute Gasteiger partial charge is 0.192 e. The molecule has 32 heavy (non-hydrogen) atoms. The first-order valence-corrected chi connectivity index (χ1v) is 10.1. The highest BCUT2D eigenvalue weighted by molar-refractivity contribution is 5.29. The number of hydrogen-bond donors (Lipinski definition) is 5. The molecule has 1 aliphatic rings. The lowest BCUT2D eigenvalue weighted by Crippen LogP contribution is -2.63. The number of aliphatic hydroxyl groups is 4. The third-order valence-corrected chi connectivity index (χ3v) is 5.00. The van der Waals surface area contributed by atoms with E-state index in [0.717, 1.165) is 16.9 Å². The summed E-state index contributed by atoms with van der Waals surface area (Å²) in [7, 11) is 0. The molecule has 3 rings (SSSR count). The summed E-state index contributed by atoms with van der Waals surface area (Å²) < 4.78 is 11.1. The summed E-state index contributed by atoms with van der Waals surface area (Å²) in [5.74, 6) is 6.50. The van der Waals surface area contributed by atoms with Crippen molar-refractivity contribution < 1.29 is 29.9 Å². The van der Waals surface area contributed by atoms with Crippen LogP contribution in [0.2, 0.25) is 0 Å². The Labute approximate surface area is 185 Å². The van der Waals surface area contributed by atoms with Crippen molar-refractivity contribution in [3.63, 3.8) is 0 Å². The average molecular weight is 444 g/mol. The number of nitrogens with zero attached hydrogens (tertiary/aromatic N) is 3. The van der Waals surface area contributed by atoms with E-state index in [9.17, 15) is 20.4 Å². The summed E-state index contributed by atoms with van der Waals surface area (Å²) in [5, 5.41) is 47.4. The Hall–Kier alpha value is -2.86. The number of ether oxygens (including phenoxy) is 2. The Bertz CT molecular complexity index is 893. The van der Waals surface area contributed by atoms with Crippen molar-refractivity contribution in [1.82, 2.24) is 5.12 Å². The summed E-state index contributed by atoms with van der Waals surface area (Å²) in [4.78, 5) is 0. The second-order valence-corrected chi connectivity index (χ2v) is 7.45. The standard InChI is InChI=1S/C22H28N4O6/c1-14(24-25-26(23)22-21(30)20(29)19(28)18(12-27)32-22)11-15-7-9-17(10-8-15)31-13-16-5-3-2-4-6-16/h2-10,18-22,27-30H,1,11-13,23H2. The molecule has 2 aromatic rings. The quantitative estimate of drug-likeness (QED) is 0.215. The van der Waals surface area contributed by atoms with Crippen molar-refractivity contribution in [2.75, 3.05) is 6.61 Å². The normalized spacial score (nSPS) is 25.6. The van der Waals surface area contributed by atoms with E-state index in [1.54, 1.807) is 0 Å². The summed E-state index contributed by atoms with van der Waals surface area (Å²) in [6, 6.07) is 17.3. The first kappa shape index (κ1) is 23.8. The number of aliphatic hydroxyl groups excluding tert-OH is 4. The summed E-state index contributed by atoms with van der Waals surface area (Å²) >= 11 is 0. The van der Waals surface area contributed by atoms with Crippen molar-refractivity contribution >= 4 is 0 Å². The minimum absolute atomic E-state index is 0.392. The molecule has 0 radical (unpaired) electrons. The predicted molar refractivity (Wildman–Crippen MR) is 115 cm³/mol. The van der Waals surface area contributed by atoms with Gasteiger partial charge in [-0.1, -0.05) is 54.3 Å². The van der Waals surface area contributed by atoms with Crippen LogP contribution in [-0.2, 0) is 17.8 Å². The van der Waals surface area contributed by atoms with E-state index in [2.05, 4.69) is 16.9 Å². The number of nitrogens with two attached hydrogens (primary N) is 1. The van der Waals surface area contributed by atoms with Gasteiger partial charge >= 0.3 is 0 Å². The fourth-order valence-corrected chi connectivity index (χ4v) is 3.18. The Morgan fingerprint density at radius 2 is 1.69 bits per heavy atom. The fraction of sp³-hybridized carbons (Fsp3) is 0.364. The van der Waals surface area contributed by atoms with Gasteiger partial charge in [-0.3, -0.25) is 0 Å². The molecule has 10 nitrogen and oxygen atoms in total. The average Bonchev–Trinajstić information content (AvgIpc) is 2.81. The van der Waals surface area contributed by atoms with Crippen molar-refractivity contribution in [2.45, 2.75) is 43.7 Å². The van der Waals surface area contributed by atoms with Gasteiger partial charge in [0.1, 0.15) is 36.8 Å². The molecular formula is C22H28N4O6. The molecule has 1 fully saturated rings. The molecule has 6 N–H and O–H groups in total. The maximum Gasteiger partial charge on any atom is 0.192 e. The highest BCUT2D eigenvalue weighted by atomic mass is 16.6. The van der Waals surface area contributed by atoms with Crippen LogP contribution in [0.1, 0.15) is 11.1 Å². The van der Waals surface area contributed by atoms with Gasteiger partial charge < -0.3 is 29.9 Å². The van der Waals surface area contributed by atoms with Gasteiger partial charge in [-0.15, -0.1) is 5.11 Å². The van der Waals surface area contributed by atoms with Crippen LogP contribution in [-0.4, -0.2) is 62.8 Å². The Morgan fingerprint density at radius 3 is 2.34 bits per heavy atom. The largest absolute Gasteiger partial charge is 0.489 e. The molecule has 2 aromatic carbocycles. The lowest BCUT2D eigenvalue weighted by molar-refractivity contribution is -0.267. The van der Waals surface area contributed by atoms with Gasteiger partial charge in [-0.05, 0) is 23.3 Å². The second-order valence-electron chi connectivity index (χ2n) is 7.45. The van der Waals surface area contributed by atoms with Gasteiger partial charge in [-0.25, -0.2) is 5.84 Å². The topological polar surface area (TPSA) is 153 Å². The number of allylic oxidation sites excluding steroid dienone is 1. The third-order valence-electron chi connectivity index (χ3n) is 5.00. The Kier molecular flexibility index (Phi) is 8.28.